The summed E-state index contributed by atoms with van der Waals surface area (Å²) in [6.45, 7) is 0. The number of halogens is 2. The van der Waals surface area contributed by atoms with Gasteiger partial charge in [0.05, 0.1) is 21.0 Å². The highest BCUT2D eigenvalue weighted by molar-refractivity contribution is 9.11. The van der Waals surface area contributed by atoms with Crippen LogP contribution in [-0.2, 0) is 10.1 Å². The van der Waals surface area contributed by atoms with Crippen LogP contribution in [0.3, 0.4) is 0 Å². The second kappa shape index (κ2) is 6.35. The first-order valence-electron chi connectivity index (χ1n) is 5.59. The molecule has 0 atom stereocenters. The van der Waals surface area contributed by atoms with Crippen LogP contribution < -0.4 is 9.47 Å². The molecule has 0 bridgehead atoms. The molecule has 0 heterocycles. The Bertz CT molecular complexity index is 757. The van der Waals surface area contributed by atoms with Gasteiger partial charge in [-0.15, -0.1) is 0 Å². The van der Waals surface area contributed by atoms with Crippen LogP contribution in [0.15, 0.2) is 50.2 Å². The monoisotopic (exact) mass is 436 g/mol. The van der Waals surface area contributed by atoms with E-state index in [-0.39, 0.29) is 4.90 Å². The van der Waals surface area contributed by atoms with Gasteiger partial charge in [0.15, 0.2) is 0 Å². The molecule has 0 aliphatic rings. The van der Waals surface area contributed by atoms with E-state index < -0.39 is 10.1 Å². The standard InChI is InChI=1S/C13H10Br2O5S/c1-19-12-6-11(15)13(7-10(12)14)20-8-2-4-9(5-3-8)21(16,17)18/h2-7H,1H3,(H,16,17,18). The van der Waals surface area contributed by atoms with Crippen LogP contribution in [0.4, 0.5) is 0 Å². The van der Waals surface area contributed by atoms with Crippen molar-refractivity contribution < 1.29 is 22.4 Å². The van der Waals surface area contributed by atoms with Crippen molar-refractivity contribution in [2.45, 2.75) is 4.90 Å². The molecule has 0 amide bonds. The van der Waals surface area contributed by atoms with Gasteiger partial charge in [-0.1, -0.05) is 0 Å². The predicted octanol–water partition coefficient (Wildman–Crippen LogP) is 4.26. The number of methoxy groups -OCH3 is 1. The third kappa shape index (κ3) is 3.97. The van der Waals surface area contributed by atoms with Crippen LogP contribution in [-0.4, -0.2) is 20.1 Å². The summed E-state index contributed by atoms with van der Waals surface area (Å²) in [6, 6.07) is 8.89. The molecule has 0 fully saturated rings. The van der Waals surface area contributed by atoms with Crippen LogP contribution in [0.5, 0.6) is 17.2 Å². The fourth-order valence-electron chi connectivity index (χ4n) is 1.55. The molecule has 0 unspecified atom stereocenters. The zero-order valence-electron chi connectivity index (χ0n) is 10.7. The van der Waals surface area contributed by atoms with Gasteiger partial charge in [-0.2, -0.15) is 8.42 Å². The van der Waals surface area contributed by atoms with Gasteiger partial charge in [0.1, 0.15) is 17.2 Å². The van der Waals surface area contributed by atoms with Crippen molar-refractivity contribution in [2.75, 3.05) is 7.11 Å². The number of hydrogen-bond donors (Lipinski definition) is 1. The summed E-state index contributed by atoms with van der Waals surface area (Å²) in [4.78, 5) is -0.190. The Kier molecular flexibility index (Phi) is 4.92. The number of benzene rings is 2. The van der Waals surface area contributed by atoms with Gasteiger partial charge < -0.3 is 9.47 Å². The zero-order valence-corrected chi connectivity index (χ0v) is 14.7. The first-order chi connectivity index (χ1) is 9.81. The maximum atomic E-state index is 11.0. The molecule has 21 heavy (non-hydrogen) atoms. The molecule has 2 aromatic rings. The molecule has 8 heteroatoms. The van der Waals surface area contributed by atoms with Gasteiger partial charge >= 0.3 is 0 Å². The second-order valence-electron chi connectivity index (χ2n) is 3.97. The summed E-state index contributed by atoms with van der Waals surface area (Å²) in [5.74, 6) is 1.61. The third-order valence-electron chi connectivity index (χ3n) is 2.56. The van der Waals surface area contributed by atoms with Gasteiger partial charge in [0, 0.05) is 0 Å². The topological polar surface area (TPSA) is 72.8 Å². The Labute approximate surface area is 138 Å². The minimum Gasteiger partial charge on any atom is -0.496 e. The molecule has 0 aliphatic carbocycles. The molecule has 2 aromatic carbocycles. The highest BCUT2D eigenvalue weighted by Crippen LogP contribution is 2.38. The molecule has 0 aliphatic heterocycles. The van der Waals surface area contributed by atoms with Crippen LogP contribution in [0.2, 0.25) is 0 Å². The van der Waals surface area contributed by atoms with Gasteiger partial charge in [-0.05, 0) is 68.3 Å². The summed E-state index contributed by atoms with van der Waals surface area (Å²) in [7, 11) is -2.65. The van der Waals surface area contributed by atoms with Crippen LogP contribution in [0, 0.1) is 0 Å². The molecule has 1 N–H and O–H groups in total. The van der Waals surface area contributed by atoms with Crippen molar-refractivity contribution in [3.63, 3.8) is 0 Å². The lowest BCUT2D eigenvalue weighted by atomic mass is 10.3. The SMILES string of the molecule is COc1cc(Br)c(Oc2ccc(S(=O)(=O)O)cc2)cc1Br. The molecular formula is C13H10Br2O5S. The van der Waals surface area contributed by atoms with Gasteiger partial charge in [0.25, 0.3) is 10.1 Å². The normalized spacial score (nSPS) is 11.2. The van der Waals surface area contributed by atoms with Crippen molar-refractivity contribution >= 4 is 42.0 Å². The predicted molar refractivity (Wildman–Crippen MR) is 84.7 cm³/mol. The fraction of sp³-hybridized carbons (Fsp3) is 0.0769. The minimum absolute atomic E-state index is 0.190. The van der Waals surface area contributed by atoms with E-state index >= 15 is 0 Å². The summed E-state index contributed by atoms with van der Waals surface area (Å²) in [5, 5.41) is 0. The van der Waals surface area contributed by atoms with Crippen LogP contribution in [0.1, 0.15) is 0 Å². The van der Waals surface area contributed by atoms with Crippen molar-refractivity contribution in [1.29, 1.82) is 0 Å². The summed E-state index contributed by atoms with van der Waals surface area (Å²) in [5.41, 5.74) is 0. The lowest BCUT2D eigenvalue weighted by molar-refractivity contribution is 0.409. The zero-order chi connectivity index (χ0) is 15.6. The molecule has 0 saturated heterocycles. The van der Waals surface area contributed by atoms with E-state index in [1.807, 2.05) is 0 Å². The Morgan fingerprint density at radius 1 is 1.00 bits per heavy atom. The summed E-state index contributed by atoms with van der Waals surface area (Å²) < 4.78 is 43.0. The molecule has 2 rings (SSSR count). The number of ether oxygens (including phenoxy) is 2. The first-order valence-corrected chi connectivity index (χ1v) is 8.62. The molecule has 0 spiro atoms. The highest BCUT2D eigenvalue weighted by atomic mass is 79.9. The average Bonchev–Trinajstić information content (AvgIpc) is 2.42. The lowest BCUT2D eigenvalue weighted by Crippen LogP contribution is -1.97. The summed E-state index contributed by atoms with van der Waals surface area (Å²) in [6.07, 6.45) is 0. The first kappa shape index (κ1) is 16.3. The van der Waals surface area contributed by atoms with Gasteiger partial charge in [0.2, 0.25) is 0 Å². The van der Waals surface area contributed by atoms with Gasteiger partial charge in [-0.25, -0.2) is 0 Å². The highest BCUT2D eigenvalue weighted by Gasteiger charge is 2.11. The van der Waals surface area contributed by atoms with E-state index in [0.717, 1.165) is 4.47 Å². The Morgan fingerprint density at radius 3 is 2.05 bits per heavy atom. The molecule has 0 saturated carbocycles. The molecule has 0 radical (unpaired) electrons. The molecule has 5 nitrogen and oxygen atoms in total. The van der Waals surface area contributed by atoms with Crippen molar-refractivity contribution in [1.82, 2.24) is 0 Å². The maximum absolute atomic E-state index is 11.0. The quantitative estimate of drug-likeness (QED) is 0.723. The third-order valence-corrected chi connectivity index (χ3v) is 4.66. The smallest absolute Gasteiger partial charge is 0.294 e. The Hall–Kier alpha value is -1.09. The molecular weight excluding hydrogens is 428 g/mol. The molecule has 112 valence electrons. The van der Waals surface area contributed by atoms with Crippen molar-refractivity contribution in [3.05, 3.63) is 45.3 Å². The van der Waals surface area contributed by atoms with E-state index in [2.05, 4.69) is 31.9 Å². The Morgan fingerprint density at radius 2 is 1.52 bits per heavy atom. The summed E-state index contributed by atoms with van der Waals surface area (Å²) >= 11 is 6.72. The lowest BCUT2D eigenvalue weighted by Gasteiger charge is -2.11. The van der Waals surface area contributed by atoms with E-state index in [1.54, 1.807) is 19.2 Å². The van der Waals surface area contributed by atoms with E-state index in [9.17, 15) is 8.42 Å². The van der Waals surface area contributed by atoms with Crippen molar-refractivity contribution in [3.8, 4) is 17.2 Å². The molecule has 0 aromatic heterocycles. The number of hydrogen-bond acceptors (Lipinski definition) is 4. The van der Waals surface area contributed by atoms with Crippen LogP contribution >= 0.6 is 31.9 Å². The largest absolute Gasteiger partial charge is 0.496 e. The fourth-order valence-corrected chi connectivity index (χ4v) is 2.92. The second-order valence-corrected chi connectivity index (χ2v) is 7.10. The van der Waals surface area contributed by atoms with E-state index in [0.29, 0.717) is 21.7 Å². The van der Waals surface area contributed by atoms with Crippen LogP contribution in [0.25, 0.3) is 0 Å². The van der Waals surface area contributed by atoms with E-state index in [4.69, 9.17) is 14.0 Å². The van der Waals surface area contributed by atoms with Crippen molar-refractivity contribution in [2.24, 2.45) is 0 Å². The number of rotatable bonds is 4. The Balaban J connectivity index is 2.28. The average molecular weight is 438 g/mol. The van der Waals surface area contributed by atoms with E-state index in [1.165, 1.54) is 24.3 Å². The minimum atomic E-state index is -4.21. The van der Waals surface area contributed by atoms with Gasteiger partial charge in [-0.3, -0.25) is 4.55 Å². The maximum Gasteiger partial charge on any atom is 0.294 e.